The Morgan fingerprint density at radius 3 is 2.00 bits per heavy atom. The van der Waals surface area contributed by atoms with Gasteiger partial charge in [0.25, 0.3) is 0 Å². The number of ketones is 1. The SMILES string of the molecule is CC=CC(C(C)=O)C(C)C. The van der Waals surface area contributed by atoms with E-state index in [2.05, 4.69) is 13.8 Å². The molecule has 0 saturated heterocycles. The molecule has 58 valence electrons. The Morgan fingerprint density at radius 2 is 1.90 bits per heavy atom. The monoisotopic (exact) mass is 140 g/mol. The van der Waals surface area contributed by atoms with Crippen LogP contribution in [0.25, 0.3) is 0 Å². The van der Waals surface area contributed by atoms with Crippen LogP contribution in [0.1, 0.15) is 27.7 Å². The lowest BCUT2D eigenvalue weighted by atomic mass is 9.92. The summed E-state index contributed by atoms with van der Waals surface area (Å²) in [5.74, 6) is 0.798. The van der Waals surface area contributed by atoms with Gasteiger partial charge in [0.05, 0.1) is 0 Å². The molecule has 0 fully saturated rings. The highest BCUT2D eigenvalue weighted by Gasteiger charge is 2.13. The number of Topliss-reactive ketones (excluding diaryl/α,β-unsaturated/α-hetero) is 1. The average Bonchev–Trinajstić information content (AvgIpc) is 1.81. The largest absolute Gasteiger partial charge is 0.299 e. The summed E-state index contributed by atoms with van der Waals surface area (Å²) in [5.41, 5.74) is 0. The third kappa shape index (κ3) is 2.81. The first kappa shape index (κ1) is 9.41. The molecule has 0 rings (SSSR count). The molecule has 0 aliphatic carbocycles. The van der Waals surface area contributed by atoms with Crippen molar-refractivity contribution in [2.24, 2.45) is 11.8 Å². The molecule has 0 amide bonds. The Labute approximate surface area is 63.1 Å². The van der Waals surface area contributed by atoms with Crippen molar-refractivity contribution >= 4 is 5.78 Å². The predicted octanol–water partition coefficient (Wildman–Crippen LogP) is 2.42. The predicted molar refractivity (Wildman–Crippen MR) is 43.8 cm³/mol. The van der Waals surface area contributed by atoms with Crippen LogP contribution in [0.4, 0.5) is 0 Å². The zero-order chi connectivity index (χ0) is 8.15. The van der Waals surface area contributed by atoms with Gasteiger partial charge >= 0.3 is 0 Å². The highest BCUT2D eigenvalue weighted by molar-refractivity contribution is 5.80. The Balaban J connectivity index is 4.12. The number of rotatable bonds is 3. The summed E-state index contributed by atoms with van der Waals surface area (Å²) in [6.45, 7) is 7.71. The molecule has 10 heavy (non-hydrogen) atoms. The van der Waals surface area contributed by atoms with E-state index in [1.165, 1.54) is 0 Å². The maximum atomic E-state index is 10.9. The smallest absolute Gasteiger partial charge is 0.136 e. The second-order valence-electron chi connectivity index (χ2n) is 2.91. The first-order chi connectivity index (χ1) is 4.59. The quantitative estimate of drug-likeness (QED) is 0.550. The van der Waals surface area contributed by atoms with Crippen LogP contribution >= 0.6 is 0 Å². The van der Waals surface area contributed by atoms with Gasteiger partial charge in [0.1, 0.15) is 5.78 Å². The van der Waals surface area contributed by atoms with Crippen molar-refractivity contribution in [3.05, 3.63) is 12.2 Å². The molecule has 0 heterocycles. The summed E-state index contributed by atoms with van der Waals surface area (Å²) in [6.07, 6.45) is 3.90. The molecule has 0 radical (unpaired) electrons. The van der Waals surface area contributed by atoms with Crippen molar-refractivity contribution in [2.45, 2.75) is 27.7 Å². The molecule has 0 spiro atoms. The number of carbonyl (C=O) groups is 1. The number of hydrogen-bond donors (Lipinski definition) is 0. The normalized spacial score (nSPS) is 14.5. The summed E-state index contributed by atoms with van der Waals surface area (Å²) < 4.78 is 0. The molecule has 0 aromatic rings. The van der Waals surface area contributed by atoms with Crippen LogP contribution in [0.3, 0.4) is 0 Å². The van der Waals surface area contributed by atoms with Gasteiger partial charge < -0.3 is 0 Å². The van der Waals surface area contributed by atoms with Crippen molar-refractivity contribution in [1.82, 2.24) is 0 Å². The van der Waals surface area contributed by atoms with Crippen LogP contribution in [0.5, 0.6) is 0 Å². The van der Waals surface area contributed by atoms with Crippen LogP contribution < -0.4 is 0 Å². The molecule has 0 aromatic carbocycles. The van der Waals surface area contributed by atoms with Gasteiger partial charge in [-0.25, -0.2) is 0 Å². The van der Waals surface area contributed by atoms with Gasteiger partial charge in [-0.15, -0.1) is 0 Å². The van der Waals surface area contributed by atoms with Gasteiger partial charge in [0.15, 0.2) is 0 Å². The molecule has 0 saturated carbocycles. The number of allylic oxidation sites excluding steroid dienone is 2. The van der Waals surface area contributed by atoms with E-state index < -0.39 is 0 Å². The van der Waals surface area contributed by atoms with Gasteiger partial charge in [-0.05, 0) is 19.8 Å². The van der Waals surface area contributed by atoms with E-state index in [1.54, 1.807) is 6.92 Å². The zero-order valence-electron chi connectivity index (χ0n) is 7.22. The molecule has 1 unspecified atom stereocenters. The fourth-order valence-electron chi connectivity index (χ4n) is 1.03. The Bertz CT molecular complexity index is 134. The van der Waals surface area contributed by atoms with E-state index in [0.717, 1.165) is 0 Å². The fraction of sp³-hybridized carbons (Fsp3) is 0.667. The molecule has 0 aliphatic rings. The van der Waals surface area contributed by atoms with E-state index >= 15 is 0 Å². The van der Waals surface area contributed by atoms with Gasteiger partial charge in [-0.2, -0.15) is 0 Å². The standard InChI is InChI=1S/C9H16O/c1-5-6-9(7(2)3)8(4)10/h5-7,9H,1-4H3. The van der Waals surface area contributed by atoms with Crippen LogP contribution in [0.2, 0.25) is 0 Å². The molecular weight excluding hydrogens is 124 g/mol. The van der Waals surface area contributed by atoms with Crippen molar-refractivity contribution in [3.8, 4) is 0 Å². The first-order valence-electron chi connectivity index (χ1n) is 3.72. The fourth-order valence-corrected chi connectivity index (χ4v) is 1.03. The lowest BCUT2D eigenvalue weighted by Crippen LogP contribution is -2.14. The first-order valence-corrected chi connectivity index (χ1v) is 3.72. The molecule has 1 nitrogen and oxygen atoms in total. The van der Waals surface area contributed by atoms with E-state index in [9.17, 15) is 4.79 Å². The molecule has 0 N–H and O–H groups in total. The van der Waals surface area contributed by atoms with Crippen molar-refractivity contribution in [1.29, 1.82) is 0 Å². The summed E-state index contributed by atoms with van der Waals surface area (Å²) in [6, 6.07) is 0. The van der Waals surface area contributed by atoms with Crippen LogP contribution in [-0.2, 0) is 4.79 Å². The van der Waals surface area contributed by atoms with Crippen molar-refractivity contribution in [3.63, 3.8) is 0 Å². The molecule has 0 aromatic heterocycles. The topological polar surface area (TPSA) is 17.1 Å². The maximum absolute atomic E-state index is 10.9. The van der Waals surface area contributed by atoms with E-state index in [-0.39, 0.29) is 11.7 Å². The van der Waals surface area contributed by atoms with Crippen LogP contribution in [0.15, 0.2) is 12.2 Å². The summed E-state index contributed by atoms with van der Waals surface area (Å²) >= 11 is 0. The highest BCUT2D eigenvalue weighted by Crippen LogP contribution is 2.12. The number of hydrogen-bond acceptors (Lipinski definition) is 1. The van der Waals surface area contributed by atoms with Crippen molar-refractivity contribution < 1.29 is 4.79 Å². The average molecular weight is 140 g/mol. The van der Waals surface area contributed by atoms with Gasteiger partial charge in [0, 0.05) is 5.92 Å². The Kier molecular flexibility index (Phi) is 4.01. The van der Waals surface area contributed by atoms with Crippen LogP contribution in [-0.4, -0.2) is 5.78 Å². The minimum Gasteiger partial charge on any atom is -0.299 e. The van der Waals surface area contributed by atoms with Gasteiger partial charge in [-0.1, -0.05) is 26.0 Å². The lowest BCUT2D eigenvalue weighted by molar-refractivity contribution is -0.120. The molecule has 1 atom stereocenters. The minimum atomic E-state index is 0.116. The minimum absolute atomic E-state index is 0.116. The van der Waals surface area contributed by atoms with Gasteiger partial charge in [0.2, 0.25) is 0 Å². The Morgan fingerprint density at radius 1 is 1.40 bits per heavy atom. The lowest BCUT2D eigenvalue weighted by Gasteiger charge is -2.11. The third-order valence-electron chi connectivity index (χ3n) is 1.59. The third-order valence-corrected chi connectivity index (χ3v) is 1.59. The van der Waals surface area contributed by atoms with Crippen LogP contribution in [0, 0.1) is 11.8 Å². The van der Waals surface area contributed by atoms with Crippen molar-refractivity contribution in [2.75, 3.05) is 0 Å². The second kappa shape index (κ2) is 4.26. The van der Waals surface area contributed by atoms with E-state index in [1.807, 2.05) is 19.1 Å². The molecule has 0 bridgehead atoms. The maximum Gasteiger partial charge on any atom is 0.136 e. The van der Waals surface area contributed by atoms with Gasteiger partial charge in [-0.3, -0.25) is 4.79 Å². The van der Waals surface area contributed by atoms with E-state index in [0.29, 0.717) is 5.92 Å². The summed E-state index contributed by atoms with van der Waals surface area (Å²) in [5, 5.41) is 0. The zero-order valence-corrected chi connectivity index (χ0v) is 7.22. The highest BCUT2D eigenvalue weighted by atomic mass is 16.1. The molecule has 0 aliphatic heterocycles. The van der Waals surface area contributed by atoms with E-state index in [4.69, 9.17) is 0 Å². The Hall–Kier alpha value is -0.590. The number of carbonyl (C=O) groups excluding carboxylic acids is 1. The molecular formula is C9H16O. The summed E-state index contributed by atoms with van der Waals surface area (Å²) in [4.78, 5) is 10.9. The summed E-state index contributed by atoms with van der Waals surface area (Å²) in [7, 11) is 0. The second-order valence-corrected chi connectivity index (χ2v) is 2.91. The molecule has 1 heteroatoms.